The second-order valence-corrected chi connectivity index (χ2v) is 4.73. The summed E-state index contributed by atoms with van der Waals surface area (Å²) in [5.41, 5.74) is 7.11. The van der Waals surface area contributed by atoms with Gasteiger partial charge in [0.15, 0.2) is 0 Å². The highest BCUT2D eigenvalue weighted by Crippen LogP contribution is 2.28. The number of ether oxygens (including phenoxy) is 1. The maximum absolute atomic E-state index is 5.84. The predicted octanol–water partition coefficient (Wildman–Crippen LogP) is 3.66. The molecule has 0 saturated heterocycles. The van der Waals surface area contributed by atoms with Crippen molar-refractivity contribution in [2.45, 2.75) is 6.61 Å². The van der Waals surface area contributed by atoms with Crippen LogP contribution in [-0.2, 0) is 6.61 Å². The molecule has 0 unspecified atom stereocenters. The van der Waals surface area contributed by atoms with E-state index in [2.05, 4.69) is 20.9 Å². The lowest BCUT2D eigenvalue weighted by Crippen LogP contribution is -1.99. The number of aromatic nitrogens is 1. The van der Waals surface area contributed by atoms with Crippen LogP contribution in [0.2, 0.25) is 5.02 Å². The van der Waals surface area contributed by atoms with Crippen molar-refractivity contribution < 1.29 is 4.74 Å². The van der Waals surface area contributed by atoms with Crippen molar-refractivity contribution in [3.8, 4) is 5.75 Å². The number of benzene rings is 1. The third kappa shape index (κ3) is 3.35. The van der Waals surface area contributed by atoms with Crippen LogP contribution < -0.4 is 10.5 Å². The molecule has 0 aliphatic carbocycles. The fourth-order valence-electron chi connectivity index (χ4n) is 1.32. The van der Waals surface area contributed by atoms with E-state index in [-0.39, 0.29) is 0 Å². The van der Waals surface area contributed by atoms with E-state index in [0.29, 0.717) is 17.3 Å². The molecule has 1 aromatic heterocycles. The van der Waals surface area contributed by atoms with Crippen molar-refractivity contribution in [2.75, 3.05) is 5.73 Å². The van der Waals surface area contributed by atoms with Gasteiger partial charge in [-0.3, -0.25) is 4.98 Å². The van der Waals surface area contributed by atoms with E-state index in [1.165, 1.54) is 0 Å². The standard InChI is InChI=1S/C12H10BrClN2O/c13-11-5-8(14)1-2-12(11)17-7-10-6-9(15)3-4-16-10/h1-6H,7H2,(H2,15,16). The fraction of sp³-hybridized carbons (Fsp3) is 0.0833. The molecule has 17 heavy (non-hydrogen) atoms. The van der Waals surface area contributed by atoms with Gasteiger partial charge < -0.3 is 10.5 Å². The first-order valence-electron chi connectivity index (χ1n) is 4.93. The van der Waals surface area contributed by atoms with Gasteiger partial charge in [-0.1, -0.05) is 11.6 Å². The highest BCUT2D eigenvalue weighted by Gasteiger charge is 2.03. The zero-order valence-electron chi connectivity index (χ0n) is 8.86. The first kappa shape index (κ1) is 12.2. The third-order valence-electron chi connectivity index (χ3n) is 2.11. The smallest absolute Gasteiger partial charge is 0.134 e. The monoisotopic (exact) mass is 312 g/mol. The van der Waals surface area contributed by atoms with Crippen LogP contribution in [0.3, 0.4) is 0 Å². The molecule has 0 fully saturated rings. The Hall–Kier alpha value is -1.26. The van der Waals surface area contributed by atoms with Gasteiger partial charge in [0.2, 0.25) is 0 Å². The van der Waals surface area contributed by atoms with Crippen LogP contribution in [0.15, 0.2) is 41.0 Å². The number of pyridine rings is 1. The molecule has 5 heteroatoms. The van der Waals surface area contributed by atoms with Crippen LogP contribution in [0.1, 0.15) is 5.69 Å². The number of rotatable bonds is 3. The summed E-state index contributed by atoms with van der Waals surface area (Å²) < 4.78 is 6.42. The molecule has 2 aromatic rings. The Labute approximate surface area is 113 Å². The van der Waals surface area contributed by atoms with Crippen LogP contribution in [0.4, 0.5) is 5.69 Å². The normalized spacial score (nSPS) is 10.2. The minimum Gasteiger partial charge on any atom is -0.486 e. The van der Waals surface area contributed by atoms with Gasteiger partial charge in [-0.05, 0) is 46.3 Å². The minimum absolute atomic E-state index is 0.366. The topological polar surface area (TPSA) is 48.1 Å². The van der Waals surface area contributed by atoms with Gasteiger partial charge in [0.1, 0.15) is 12.4 Å². The van der Waals surface area contributed by atoms with Crippen LogP contribution in [0.25, 0.3) is 0 Å². The summed E-state index contributed by atoms with van der Waals surface area (Å²) in [5, 5.41) is 0.659. The molecule has 3 nitrogen and oxygen atoms in total. The molecule has 0 bridgehead atoms. The summed E-state index contributed by atoms with van der Waals surface area (Å²) >= 11 is 9.22. The van der Waals surface area contributed by atoms with E-state index < -0.39 is 0 Å². The lowest BCUT2D eigenvalue weighted by Gasteiger charge is -2.08. The summed E-state index contributed by atoms with van der Waals surface area (Å²) in [6.07, 6.45) is 1.66. The summed E-state index contributed by atoms with van der Waals surface area (Å²) in [6.45, 7) is 0.366. The molecule has 0 spiro atoms. The maximum atomic E-state index is 5.84. The molecular weight excluding hydrogens is 304 g/mol. The number of nitrogen functional groups attached to an aromatic ring is 1. The molecule has 1 heterocycles. The Balaban J connectivity index is 2.07. The lowest BCUT2D eigenvalue weighted by atomic mass is 10.3. The van der Waals surface area contributed by atoms with E-state index >= 15 is 0 Å². The van der Waals surface area contributed by atoms with Gasteiger partial charge in [0, 0.05) is 16.9 Å². The van der Waals surface area contributed by atoms with Gasteiger partial charge in [0.05, 0.1) is 10.2 Å². The first-order valence-corrected chi connectivity index (χ1v) is 6.10. The van der Waals surface area contributed by atoms with Crippen LogP contribution >= 0.6 is 27.5 Å². The van der Waals surface area contributed by atoms with Crippen LogP contribution in [-0.4, -0.2) is 4.98 Å². The van der Waals surface area contributed by atoms with E-state index in [1.807, 2.05) is 0 Å². The number of hydrogen-bond acceptors (Lipinski definition) is 3. The van der Waals surface area contributed by atoms with Crippen molar-refractivity contribution in [2.24, 2.45) is 0 Å². The van der Waals surface area contributed by atoms with E-state index in [4.69, 9.17) is 22.1 Å². The second-order valence-electron chi connectivity index (χ2n) is 3.44. The molecular formula is C12H10BrClN2O. The van der Waals surface area contributed by atoms with Crippen molar-refractivity contribution >= 4 is 33.2 Å². The molecule has 0 saturated carbocycles. The number of anilines is 1. The van der Waals surface area contributed by atoms with Crippen molar-refractivity contribution in [1.29, 1.82) is 0 Å². The zero-order valence-corrected chi connectivity index (χ0v) is 11.2. The third-order valence-corrected chi connectivity index (χ3v) is 2.96. The zero-order chi connectivity index (χ0) is 12.3. The molecule has 0 amide bonds. The second kappa shape index (κ2) is 5.38. The first-order chi connectivity index (χ1) is 8.15. The highest BCUT2D eigenvalue weighted by molar-refractivity contribution is 9.10. The van der Waals surface area contributed by atoms with Crippen molar-refractivity contribution in [3.05, 3.63) is 51.7 Å². The highest BCUT2D eigenvalue weighted by atomic mass is 79.9. The van der Waals surface area contributed by atoms with Crippen molar-refractivity contribution in [1.82, 2.24) is 4.98 Å². The Kier molecular flexibility index (Phi) is 3.86. The summed E-state index contributed by atoms with van der Waals surface area (Å²) in [7, 11) is 0. The van der Waals surface area contributed by atoms with Gasteiger partial charge in [-0.15, -0.1) is 0 Å². The SMILES string of the molecule is Nc1ccnc(COc2ccc(Cl)cc2Br)c1. The molecule has 0 aliphatic rings. The number of hydrogen-bond donors (Lipinski definition) is 1. The van der Waals surface area contributed by atoms with Crippen LogP contribution in [0.5, 0.6) is 5.75 Å². The maximum Gasteiger partial charge on any atom is 0.134 e. The molecule has 2 N–H and O–H groups in total. The fourth-order valence-corrected chi connectivity index (χ4v) is 2.12. The van der Waals surface area contributed by atoms with Crippen LogP contribution in [0, 0.1) is 0 Å². The average Bonchev–Trinajstić information content (AvgIpc) is 2.28. The Morgan fingerprint density at radius 2 is 2.12 bits per heavy atom. The van der Waals surface area contributed by atoms with E-state index in [0.717, 1.165) is 15.9 Å². The Morgan fingerprint density at radius 3 is 2.82 bits per heavy atom. The number of nitrogens with two attached hydrogens (primary N) is 1. The van der Waals surface area contributed by atoms with E-state index in [1.54, 1.807) is 36.5 Å². The van der Waals surface area contributed by atoms with Gasteiger partial charge in [0.25, 0.3) is 0 Å². The van der Waals surface area contributed by atoms with Gasteiger partial charge in [-0.2, -0.15) is 0 Å². The molecule has 2 rings (SSSR count). The van der Waals surface area contributed by atoms with E-state index in [9.17, 15) is 0 Å². The molecule has 0 atom stereocenters. The molecule has 0 aliphatic heterocycles. The Bertz CT molecular complexity index is 534. The quantitative estimate of drug-likeness (QED) is 0.940. The predicted molar refractivity (Wildman–Crippen MR) is 72.1 cm³/mol. The average molecular weight is 314 g/mol. The van der Waals surface area contributed by atoms with Gasteiger partial charge >= 0.3 is 0 Å². The minimum atomic E-state index is 0.366. The summed E-state index contributed by atoms with van der Waals surface area (Å²) in [6, 6.07) is 8.88. The lowest BCUT2D eigenvalue weighted by molar-refractivity contribution is 0.299. The Morgan fingerprint density at radius 1 is 1.29 bits per heavy atom. The largest absolute Gasteiger partial charge is 0.486 e. The number of halogens is 2. The molecule has 0 radical (unpaired) electrons. The molecule has 88 valence electrons. The molecule has 1 aromatic carbocycles. The van der Waals surface area contributed by atoms with Gasteiger partial charge in [-0.25, -0.2) is 0 Å². The summed E-state index contributed by atoms with van der Waals surface area (Å²) in [4.78, 5) is 4.16. The van der Waals surface area contributed by atoms with Crippen molar-refractivity contribution in [3.63, 3.8) is 0 Å². The summed E-state index contributed by atoms with van der Waals surface area (Å²) in [5.74, 6) is 0.721. The number of nitrogens with zero attached hydrogens (tertiary/aromatic N) is 1.